The quantitative estimate of drug-likeness (QED) is 0.880. The minimum atomic E-state index is -0.416. The molecule has 118 valence electrons. The highest BCUT2D eigenvalue weighted by Crippen LogP contribution is 2.35. The molecule has 0 unspecified atom stereocenters. The fraction of sp³-hybridized carbons (Fsp3) is 0.353. The van der Waals surface area contributed by atoms with Crippen LogP contribution in [-0.2, 0) is 4.79 Å². The van der Waals surface area contributed by atoms with Crippen LogP contribution in [0.25, 0.3) is 5.69 Å². The van der Waals surface area contributed by atoms with Gasteiger partial charge >= 0.3 is 0 Å². The third-order valence-corrected chi connectivity index (χ3v) is 4.83. The molecular formula is C17H18N4OS. The van der Waals surface area contributed by atoms with Crippen molar-refractivity contribution in [3.8, 4) is 5.69 Å². The van der Waals surface area contributed by atoms with Crippen molar-refractivity contribution in [1.82, 2.24) is 20.0 Å². The van der Waals surface area contributed by atoms with Crippen LogP contribution in [-0.4, -0.2) is 31.7 Å². The standard InChI is InChI=1S/C17H18N4OS/c1-10-14(11(2)21(19-10)13-6-4-3-5-7-13)15-16(22)20(12-8-9-12)17(23)18-15/h3-7,12,15H,8-9H2,1-2H3,(H,18,23)/t15-/m0/s1. The molecule has 1 aromatic carbocycles. The highest BCUT2D eigenvalue weighted by atomic mass is 32.1. The lowest BCUT2D eigenvalue weighted by Crippen LogP contribution is -2.32. The third-order valence-electron chi connectivity index (χ3n) is 4.52. The average molecular weight is 326 g/mol. The van der Waals surface area contributed by atoms with Crippen molar-refractivity contribution in [2.24, 2.45) is 0 Å². The molecule has 1 aliphatic heterocycles. The van der Waals surface area contributed by atoms with Crippen LogP contribution in [0.3, 0.4) is 0 Å². The number of benzene rings is 1. The highest BCUT2D eigenvalue weighted by Gasteiger charge is 2.45. The van der Waals surface area contributed by atoms with Crippen molar-refractivity contribution in [1.29, 1.82) is 0 Å². The van der Waals surface area contributed by atoms with Crippen molar-refractivity contribution >= 4 is 23.2 Å². The first-order chi connectivity index (χ1) is 11.1. The van der Waals surface area contributed by atoms with Gasteiger partial charge in [0.25, 0.3) is 5.91 Å². The predicted molar refractivity (Wildman–Crippen MR) is 91.4 cm³/mol. The van der Waals surface area contributed by atoms with Gasteiger partial charge in [-0.1, -0.05) is 18.2 Å². The van der Waals surface area contributed by atoms with Gasteiger partial charge in [0.05, 0.1) is 11.4 Å². The molecule has 1 aliphatic carbocycles. The van der Waals surface area contributed by atoms with Crippen LogP contribution in [0.1, 0.15) is 35.8 Å². The number of para-hydroxylation sites is 1. The van der Waals surface area contributed by atoms with E-state index in [0.717, 1.165) is 35.5 Å². The molecule has 2 aromatic rings. The Labute approximate surface area is 140 Å². The van der Waals surface area contributed by atoms with Crippen LogP contribution < -0.4 is 5.32 Å². The SMILES string of the molecule is Cc1nn(-c2ccccc2)c(C)c1[C@@H]1NC(=S)N(C2CC2)C1=O. The minimum absolute atomic E-state index is 0.0521. The summed E-state index contributed by atoms with van der Waals surface area (Å²) in [7, 11) is 0. The van der Waals surface area contributed by atoms with Crippen LogP contribution in [0.5, 0.6) is 0 Å². The molecule has 4 rings (SSSR count). The van der Waals surface area contributed by atoms with Gasteiger partial charge in [-0.05, 0) is 51.0 Å². The number of nitrogens with zero attached hydrogens (tertiary/aromatic N) is 3. The Morgan fingerprint density at radius 2 is 1.91 bits per heavy atom. The zero-order valence-electron chi connectivity index (χ0n) is 13.1. The number of amides is 1. The molecule has 5 nitrogen and oxygen atoms in total. The Kier molecular flexibility index (Phi) is 3.23. The first kappa shape index (κ1) is 14.4. The maximum absolute atomic E-state index is 12.8. The Balaban J connectivity index is 1.74. The first-order valence-corrected chi connectivity index (χ1v) is 8.24. The van der Waals surface area contributed by atoms with Gasteiger partial charge in [-0.3, -0.25) is 9.69 Å². The molecule has 1 amide bonds. The lowest BCUT2D eigenvalue weighted by Gasteiger charge is -2.13. The topological polar surface area (TPSA) is 50.2 Å². The molecule has 1 saturated carbocycles. The predicted octanol–water partition coefficient (Wildman–Crippen LogP) is 2.41. The maximum atomic E-state index is 12.8. The van der Waals surface area contributed by atoms with E-state index < -0.39 is 6.04 Å². The number of rotatable bonds is 3. The summed E-state index contributed by atoms with van der Waals surface area (Å²) in [5.74, 6) is 0.0521. The van der Waals surface area contributed by atoms with Crippen LogP contribution in [0, 0.1) is 13.8 Å². The van der Waals surface area contributed by atoms with Gasteiger partial charge < -0.3 is 5.32 Å². The van der Waals surface area contributed by atoms with E-state index in [1.54, 1.807) is 4.90 Å². The molecule has 2 aliphatic rings. The maximum Gasteiger partial charge on any atom is 0.256 e. The first-order valence-electron chi connectivity index (χ1n) is 7.83. The molecule has 23 heavy (non-hydrogen) atoms. The summed E-state index contributed by atoms with van der Waals surface area (Å²) in [4.78, 5) is 14.5. The van der Waals surface area contributed by atoms with E-state index in [2.05, 4.69) is 10.4 Å². The Bertz CT molecular complexity index is 794. The van der Waals surface area contributed by atoms with Crippen molar-refractivity contribution in [2.75, 3.05) is 0 Å². The number of carbonyl (C=O) groups excluding carboxylic acids is 1. The monoisotopic (exact) mass is 326 g/mol. The Morgan fingerprint density at radius 3 is 2.57 bits per heavy atom. The van der Waals surface area contributed by atoms with Crippen LogP contribution >= 0.6 is 12.2 Å². The molecule has 0 bridgehead atoms. The van der Waals surface area contributed by atoms with Gasteiger partial charge in [0.2, 0.25) is 0 Å². The van der Waals surface area contributed by atoms with E-state index in [1.807, 2.05) is 48.9 Å². The van der Waals surface area contributed by atoms with Gasteiger partial charge in [0.15, 0.2) is 5.11 Å². The number of aryl methyl sites for hydroxylation is 1. The van der Waals surface area contributed by atoms with Crippen molar-refractivity contribution < 1.29 is 4.79 Å². The molecule has 1 aromatic heterocycles. The second-order valence-corrected chi connectivity index (χ2v) is 6.54. The lowest BCUT2D eigenvalue weighted by atomic mass is 10.0. The molecule has 1 atom stereocenters. The molecule has 1 saturated heterocycles. The van der Waals surface area contributed by atoms with E-state index in [-0.39, 0.29) is 11.9 Å². The summed E-state index contributed by atoms with van der Waals surface area (Å²) in [5, 5.41) is 8.37. The largest absolute Gasteiger partial charge is 0.347 e. The summed E-state index contributed by atoms with van der Waals surface area (Å²) >= 11 is 5.36. The minimum Gasteiger partial charge on any atom is -0.347 e. The van der Waals surface area contributed by atoms with Crippen LogP contribution in [0.2, 0.25) is 0 Å². The lowest BCUT2D eigenvalue weighted by molar-refractivity contribution is -0.127. The van der Waals surface area contributed by atoms with Gasteiger partial charge in [0.1, 0.15) is 6.04 Å². The fourth-order valence-corrected chi connectivity index (χ4v) is 3.62. The fourth-order valence-electron chi connectivity index (χ4n) is 3.26. The smallest absolute Gasteiger partial charge is 0.256 e. The second-order valence-electron chi connectivity index (χ2n) is 6.15. The van der Waals surface area contributed by atoms with Crippen molar-refractivity contribution in [3.63, 3.8) is 0 Å². The molecule has 1 N–H and O–H groups in total. The number of aromatic nitrogens is 2. The second kappa shape index (κ2) is 5.16. The van der Waals surface area contributed by atoms with E-state index in [0.29, 0.717) is 5.11 Å². The summed E-state index contributed by atoms with van der Waals surface area (Å²) in [6, 6.07) is 9.83. The summed E-state index contributed by atoms with van der Waals surface area (Å²) in [6.07, 6.45) is 2.09. The third kappa shape index (κ3) is 2.25. The van der Waals surface area contributed by atoms with Gasteiger partial charge in [-0.15, -0.1) is 0 Å². The highest BCUT2D eigenvalue weighted by molar-refractivity contribution is 7.80. The molecule has 0 spiro atoms. The molecule has 2 fully saturated rings. The van der Waals surface area contributed by atoms with Crippen molar-refractivity contribution in [2.45, 2.75) is 38.8 Å². The zero-order valence-corrected chi connectivity index (χ0v) is 13.9. The number of carbonyl (C=O) groups is 1. The van der Waals surface area contributed by atoms with E-state index in [9.17, 15) is 4.79 Å². The normalized spacial score (nSPS) is 21.0. The van der Waals surface area contributed by atoms with Crippen molar-refractivity contribution in [3.05, 3.63) is 47.3 Å². The Hall–Kier alpha value is -2.21. The van der Waals surface area contributed by atoms with Gasteiger partial charge in [-0.2, -0.15) is 5.10 Å². The number of nitrogens with one attached hydrogen (secondary N) is 1. The molecule has 2 heterocycles. The van der Waals surface area contributed by atoms with E-state index >= 15 is 0 Å². The summed E-state index contributed by atoms with van der Waals surface area (Å²) in [6.45, 7) is 3.94. The molecular weight excluding hydrogens is 308 g/mol. The number of thiocarbonyl (C=S) groups is 1. The van der Waals surface area contributed by atoms with E-state index in [1.165, 1.54) is 0 Å². The number of hydrogen-bond acceptors (Lipinski definition) is 3. The van der Waals surface area contributed by atoms with Crippen LogP contribution in [0.15, 0.2) is 30.3 Å². The van der Waals surface area contributed by atoms with Gasteiger partial charge in [-0.25, -0.2) is 4.68 Å². The molecule has 0 radical (unpaired) electrons. The molecule has 6 heteroatoms. The zero-order chi connectivity index (χ0) is 16.1. The number of hydrogen-bond donors (Lipinski definition) is 1. The Morgan fingerprint density at radius 1 is 1.22 bits per heavy atom. The summed E-state index contributed by atoms with van der Waals surface area (Å²) < 4.78 is 1.89. The average Bonchev–Trinajstić information content (AvgIpc) is 3.27. The summed E-state index contributed by atoms with van der Waals surface area (Å²) in [5.41, 5.74) is 3.76. The van der Waals surface area contributed by atoms with Gasteiger partial charge in [0, 0.05) is 17.3 Å². The van der Waals surface area contributed by atoms with E-state index in [4.69, 9.17) is 12.2 Å². The van der Waals surface area contributed by atoms with Crippen LogP contribution in [0.4, 0.5) is 0 Å².